The Morgan fingerprint density at radius 2 is 2.00 bits per heavy atom. The average molecular weight is 165 g/mol. The summed E-state index contributed by atoms with van der Waals surface area (Å²) in [6.07, 6.45) is 0. The normalized spacial score (nSPS) is 9.92. The number of carboxylic acid groups (broad SMARTS) is 1. The number of hydrogen-bond acceptors (Lipinski definition) is 2. The van der Waals surface area contributed by atoms with Crippen LogP contribution in [-0.4, -0.2) is 16.1 Å². The molecule has 0 atom stereocenters. The zero-order valence-electron chi connectivity index (χ0n) is 7.38. The standard InChI is InChI=1S/C9H11NO2/c1-5-4-8(9(11)12)10-7(3)6(5)2/h4H,1-3H3,(H,11,12). The van der Waals surface area contributed by atoms with Gasteiger partial charge in [-0.25, -0.2) is 9.78 Å². The molecule has 0 saturated carbocycles. The SMILES string of the molecule is Cc1cc(C(=O)O)nc(C)c1C. The van der Waals surface area contributed by atoms with Gasteiger partial charge in [0, 0.05) is 5.69 Å². The van der Waals surface area contributed by atoms with Gasteiger partial charge in [-0.2, -0.15) is 0 Å². The van der Waals surface area contributed by atoms with Gasteiger partial charge in [0.05, 0.1) is 0 Å². The molecule has 0 aromatic carbocycles. The van der Waals surface area contributed by atoms with E-state index in [1.54, 1.807) is 6.07 Å². The maximum atomic E-state index is 10.6. The van der Waals surface area contributed by atoms with Gasteiger partial charge in [0.2, 0.25) is 0 Å². The minimum absolute atomic E-state index is 0.121. The molecule has 3 heteroatoms. The first-order valence-corrected chi connectivity index (χ1v) is 3.70. The quantitative estimate of drug-likeness (QED) is 0.689. The zero-order chi connectivity index (χ0) is 9.30. The Morgan fingerprint density at radius 3 is 2.42 bits per heavy atom. The van der Waals surface area contributed by atoms with Crippen LogP contribution in [-0.2, 0) is 0 Å². The summed E-state index contributed by atoms with van der Waals surface area (Å²) < 4.78 is 0. The summed E-state index contributed by atoms with van der Waals surface area (Å²) in [6.45, 7) is 5.63. The lowest BCUT2D eigenvalue weighted by molar-refractivity contribution is 0.0690. The van der Waals surface area contributed by atoms with Crippen LogP contribution in [0.1, 0.15) is 27.3 Å². The van der Waals surface area contributed by atoms with Gasteiger partial charge in [0.25, 0.3) is 0 Å². The van der Waals surface area contributed by atoms with Gasteiger partial charge < -0.3 is 5.11 Å². The number of aromatic nitrogens is 1. The molecule has 0 bridgehead atoms. The first kappa shape index (κ1) is 8.71. The van der Waals surface area contributed by atoms with Crippen molar-refractivity contribution in [3.05, 3.63) is 28.6 Å². The fourth-order valence-electron chi connectivity index (χ4n) is 1.01. The molecule has 12 heavy (non-hydrogen) atoms. The molecule has 0 aliphatic carbocycles. The topological polar surface area (TPSA) is 50.2 Å². The van der Waals surface area contributed by atoms with Gasteiger partial charge in [0.15, 0.2) is 0 Å². The van der Waals surface area contributed by atoms with Crippen molar-refractivity contribution >= 4 is 5.97 Å². The second kappa shape index (κ2) is 2.93. The van der Waals surface area contributed by atoms with E-state index in [2.05, 4.69) is 4.98 Å². The van der Waals surface area contributed by atoms with E-state index < -0.39 is 5.97 Å². The lowest BCUT2D eigenvalue weighted by Crippen LogP contribution is -2.03. The number of nitrogens with zero attached hydrogens (tertiary/aromatic N) is 1. The molecule has 0 spiro atoms. The summed E-state index contributed by atoms with van der Waals surface area (Å²) in [5.41, 5.74) is 2.93. The average Bonchev–Trinajstić information content (AvgIpc) is 1.99. The first-order valence-electron chi connectivity index (χ1n) is 3.70. The molecule has 0 radical (unpaired) electrons. The van der Waals surface area contributed by atoms with Crippen molar-refractivity contribution in [1.29, 1.82) is 0 Å². The van der Waals surface area contributed by atoms with Crippen LogP contribution in [0.4, 0.5) is 0 Å². The van der Waals surface area contributed by atoms with Crippen molar-refractivity contribution < 1.29 is 9.90 Å². The molecule has 1 rings (SSSR count). The predicted molar refractivity (Wildman–Crippen MR) is 45.4 cm³/mol. The molecule has 1 N–H and O–H groups in total. The summed E-state index contributed by atoms with van der Waals surface area (Å²) >= 11 is 0. The van der Waals surface area contributed by atoms with Crippen LogP contribution in [0, 0.1) is 20.8 Å². The largest absolute Gasteiger partial charge is 0.477 e. The van der Waals surface area contributed by atoms with Gasteiger partial charge in [-0.1, -0.05) is 0 Å². The summed E-state index contributed by atoms with van der Waals surface area (Å²) in [4.78, 5) is 14.5. The highest BCUT2D eigenvalue weighted by molar-refractivity contribution is 5.85. The van der Waals surface area contributed by atoms with Gasteiger partial charge in [-0.05, 0) is 38.0 Å². The Bertz CT molecular complexity index is 308. The Morgan fingerprint density at radius 1 is 1.42 bits per heavy atom. The van der Waals surface area contributed by atoms with E-state index in [1.165, 1.54) is 0 Å². The molecule has 0 fully saturated rings. The minimum atomic E-state index is -0.971. The lowest BCUT2D eigenvalue weighted by Gasteiger charge is -2.04. The van der Waals surface area contributed by atoms with E-state index in [1.807, 2.05) is 20.8 Å². The fraction of sp³-hybridized carbons (Fsp3) is 0.333. The number of carboxylic acids is 1. The lowest BCUT2D eigenvalue weighted by atomic mass is 10.1. The molecule has 1 aromatic heterocycles. The summed E-state index contributed by atoms with van der Waals surface area (Å²) in [5.74, 6) is -0.971. The highest BCUT2D eigenvalue weighted by Gasteiger charge is 2.07. The number of aromatic carboxylic acids is 1. The zero-order valence-corrected chi connectivity index (χ0v) is 7.38. The van der Waals surface area contributed by atoms with Crippen molar-refractivity contribution in [2.45, 2.75) is 20.8 Å². The van der Waals surface area contributed by atoms with Gasteiger partial charge in [0.1, 0.15) is 5.69 Å². The molecule has 1 heterocycles. The molecule has 0 aliphatic heterocycles. The third-order valence-electron chi connectivity index (χ3n) is 1.99. The molecular formula is C9H11NO2. The fourth-order valence-corrected chi connectivity index (χ4v) is 1.01. The maximum Gasteiger partial charge on any atom is 0.354 e. The number of rotatable bonds is 1. The van der Waals surface area contributed by atoms with E-state index >= 15 is 0 Å². The molecule has 0 aliphatic rings. The van der Waals surface area contributed by atoms with Crippen molar-refractivity contribution in [2.24, 2.45) is 0 Å². The number of hydrogen-bond donors (Lipinski definition) is 1. The summed E-state index contributed by atoms with van der Waals surface area (Å²) in [5, 5.41) is 8.66. The van der Waals surface area contributed by atoms with Gasteiger partial charge in [-0.15, -0.1) is 0 Å². The van der Waals surface area contributed by atoms with E-state index in [9.17, 15) is 4.79 Å². The number of pyridine rings is 1. The predicted octanol–water partition coefficient (Wildman–Crippen LogP) is 1.71. The van der Waals surface area contributed by atoms with Crippen LogP contribution in [0.3, 0.4) is 0 Å². The van der Waals surface area contributed by atoms with Crippen LogP contribution in [0.2, 0.25) is 0 Å². The second-order valence-corrected chi connectivity index (χ2v) is 2.84. The summed E-state index contributed by atoms with van der Waals surface area (Å²) in [6, 6.07) is 1.59. The molecule has 0 unspecified atom stereocenters. The van der Waals surface area contributed by atoms with Crippen molar-refractivity contribution in [2.75, 3.05) is 0 Å². The molecular weight excluding hydrogens is 154 g/mol. The molecule has 0 amide bonds. The second-order valence-electron chi connectivity index (χ2n) is 2.84. The Balaban J connectivity index is 3.31. The van der Waals surface area contributed by atoms with E-state index in [4.69, 9.17) is 5.11 Å². The number of aryl methyl sites for hydroxylation is 2. The molecule has 64 valence electrons. The first-order chi connectivity index (χ1) is 5.52. The van der Waals surface area contributed by atoms with Crippen LogP contribution < -0.4 is 0 Å². The van der Waals surface area contributed by atoms with Gasteiger partial charge >= 0.3 is 5.97 Å². The van der Waals surface area contributed by atoms with Gasteiger partial charge in [-0.3, -0.25) is 0 Å². The monoisotopic (exact) mass is 165 g/mol. The Hall–Kier alpha value is -1.38. The minimum Gasteiger partial charge on any atom is -0.477 e. The highest BCUT2D eigenvalue weighted by atomic mass is 16.4. The van der Waals surface area contributed by atoms with E-state index in [-0.39, 0.29) is 5.69 Å². The van der Waals surface area contributed by atoms with Crippen LogP contribution in [0.15, 0.2) is 6.07 Å². The third kappa shape index (κ3) is 1.44. The van der Waals surface area contributed by atoms with Crippen molar-refractivity contribution in [3.63, 3.8) is 0 Å². The summed E-state index contributed by atoms with van der Waals surface area (Å²) in [7, 11) is 0. The van der Waals surface area contributed by atoms with Crippen molar-refractivity contribution in [1.82, 2.24) is 4.98 Å². The van der Waals surface area contributed by atoms with Crippen LogP contribution in [0.25, 0.3) is 0 Å². The molecule has 0 saturated heterocycles. The maximum absolute atomic E-state index is 10.6. The Labute approximate surface area is 71.1 Å². The highest BCUT2D eigenvalue weighted by Crippen LogP contribution is 2.11. The molecule has 1 aromatic rings. The van der Waals surface area contributed by atoms with Crippen LogP contribution in [0.5, 0.6) is 0 Å². The Kier molecular flexibility index (Phi) is 2.13. The number of carbonyl (C=O) groups is 1. The smallest absolute Gasteiger partial charge is 0.354 e. The van der Waals surface area contributed by atoms with E-state index in [0.29, 0.717) is 0 Å². The van der Waals surface area contributed by atoms with Crippen LogP contribution >= 0.6 is 0 Å². The molecule has 3 nitrogen and oxygen atoms in total. The third-order valence-corrected chi connectivity index (χ3v) is 1.99. The van der Waals surface area contributed by atoms with E-state index in [0.717, 1.165) is 16.8 Å². The van der Waals surface area contributed by atoms with Crippen molar-refractivity contribution in [3.8, 4) is 0 Å².